The summed E-state index contributed by atoms with van der Waals surface area (Å²) >= 11 is 0. The molecule has 5 rings (SSSR count). The largest absolute Gasteiger partial charge is 0.468 e. The van der Waals surface area contributed by atoms with Crippen LogP contribution in [0.2, 0.25) is 0 Å². The van der Waals surface area contributed by atoms with E-state index in [1.807, 2.05) is 48.5 Å². The van der Waals surface area contributed by atoms with Crippen LogP contribution in [-0.4, -0.2) is 60.8 Å². The number of esters is 2. The van der Waals surface area contributed by atoms with Crippen molar-refractivity contribution in [2.75, 3.05) is 20.8 Å². The van der Waals surface area contributed by atoms with E-state index in [2.05, 4.69) is 10.1 Å². The van der Waals surface area contributed by atoms with Gasteiger partial charge in [0.1, 0.15) is 18.7 Å². The number of nitrogens with two attached hydrogens (primary N) is 1. The van der Waals surface area contributed by atoms with Crippen molar-refractivity contribution >= 4 is 29.4 Å². The molecule has 0 bridgehead atoms. The number of nitro benzene ring substituents is 2. The van der Waals surface area contributed by atoms with E-state index in [1.54, 1.807) is 12.1 Å². The minimum Gasteiger partial charge on any atom is -0.468 e. The van der Waals surface area contributed by atoms with Crippen molar-refractivity contribution in [3.8, 4) is 11.1 Å². The summed E-state index contributed by atoms with van der Waals surface area (Å²) in [5.74, 6) is -1.24. The summed E-state index contributed by atoms with van der Waals surface area (Å²) in [7, 11) is 2.49. The number of rotatable bonds is 11. The van der Waals surface area contributed by atoms with Gasteiger partial charge in [-0.25, -0.2) is 9.59 Å². The number of carbonyl (C=O) groups is 3. The molecule has 0 saturated heterocycles. The summed E-state index contributed by atoms with van der Waals surface area (Å²) in [6.07, 6.45) is -0.339. The lowest BCUT2D eigenvalue weighted by Crippen LogP contribution is -2.43. The number of hydrogen-bond acceptors (Lipinski definition) is 11. The minimum atomic E-state index is -0.993. The van der Waals surface area contributed by atoms with Crippen molar-refractivity contribution in [3.05, 3.63) is 140 Å². The minimum absolute atomic E-state index is 0.00962. The van der Waals surface area contributed by atoms with Gasteiger partial charge in [0.15, 0.2) is 0 Å². The molecule has 1 aliphatic carbocycles. The molecule has 3 N–H and O–H groups in total. The lowest BCUT2D eigenvalue weighted by molar-refractivity contribution is -0.385. The smallest absolute Gasteiger partial charge is 0.407 e. The van der Waals surface area contributed by atoms with Gasteiger partial charge in [-0.2, -0.15) is 0 Å². The molecule has 0 fully saturated rings. The predicted octanol–water partition coefficient (Wildman–Crippen LogP) is 4.86. The summed E-state index contributed by atoms with van der Waals surface area (Å²) in [5.41, 5.74) is 11.3. The zero-order valence-electron chi connectivity index (χ0n) is 26.6. The molecule has 254 valence electrons. The molecule has 0 saturated carbocycles. The topological polar surface area (TPSA) is 203 Å². The molecule has 4 aromatic rings. The van der Waals surface area contributed by atoms with E-state index >= 15 is 0 Å². The van der Waals surface area contributed by atoms with E-state index in [0.29, 0.717) is 12.0 Å². The molecular formula is C35H34N4O10. The summed E-state index contributed by atoms with van der Waals surface area (Å²) in [4.78, 5) is 56.0. The molecule has 49 heavy (non-hydrogen) atoms. The van der Waals surface area contributed by atoms with Gasteiger partial charge in [0.05, 0.1) is 24.1 Å². The Labute approximate surface area is 281 Å². The maximum atomic E-state index is 12.6. The van der Waals surface area contributed by atoms with Crippen LogP contribution in [0.1, 0.15) is 28.2 Å². The van der Waals surface area contributed by atoms with Crippen LogP contribution < -0.4 is 11.1 Å². The van der Waals surface area contributed by atoms with Crippen molar-refractivity contribution in [3.63, 3.8) is 0 Å². The van der Waals surface area contributed by atoms with Crippen molar-refractivity contribution in [2.24, 2.45) is 5.73 Å². The zero-order valence-corrected chi connectivity index (χ0v) is 26.6. The molecule has 1 amide bonds. The molecule has 2 atom stereocenters. The van der Waals surface area contributed by atoms with E-state index in [4.69, 9.17) is 15.2 Å². The summed E-state index contributed by atoms with van der Waals surface area (Å²) in [6, 6.07) is 25.9. The number of carbonyl (C=O) groups excluding carboxylic acids is 3. The SMILES string of the molecule is COC(=O)[C@@H](N)Cc1ccc([N+](=O)[O-])cc1.COC(=O)[C@H](Cc1ccc([N+](=O)[O-])cc1)NC(=O)OCC1c2ccccc2-c2ccccc21. The van der Waals surface area contributed by atoms with Gasteiger partial charge in [-0.05, 0) is 39.8 Å². The Bertz CT molecular complexity index is 1770. The van der Waals surface area contributed by atoms with Crippen LogP contribution in [0.15, 0.2) is 97.1 Å². The monoisotopic (exact) mass is 670 g/mol. The van der Waals surface area contributed by atoms with E-state index < -0.39 is 40.0 Å². The van der Waals surface area contributed by atoms with Crippen LogP contribution in [0.3, 0.4) is 0 Å². The Balaban J connectivity index is 0.000000284. The highest BCUT2D eigenvalue weighted by molar-refractivity contribution is 5.82. The normalized spacial score (nSPS) is 12.6. The molecule has 0 heterocycles. The third-order valence-corrected chi connectivity index (χ3v) is 7.82. The number of benzene rings is 4. The number of alkyl carbamates (subject to hydrolysis) is 1. The Morgan fingerprint density at radius 1 is 0.714 bits per heavy atom. The van der Waals surface area contributed by atoms with Gasteiger partial charge in [-0.3, -0.25) is 25.0 Å². The van der Waals surface area contributed by atoms with Crippen molar-refractivity contribution in [1.82, 2.24) is 5.32 Å². The number of methoxy groups -OCH3 is 2. The van der Waals surface area contributed by atoms with Gasteiger partial charge in [0.25, 0.3) is 11.4 Å². The molecule has 14 heteroatoms. The van der Waals surface area contributed by atoms with Gasteiger partial charge in [0.2, 0.25) is 0 Å². The van der Waals surface area contributed by atoms with Crippen LogP contribution in [0.4, 0.5) is 16.2 Å². The lowest BCUT2D eigenvalue weighted by Gasteiger charge is -2.18. The van der Waals surface area contributed by atoms with E-state index in [0.717, 1.165) is 27.8 Å². The average Bonchev–Trinajstić information content (AvgIpc) is 3.43. The molecule has 0 radical (unpaired) electrons. The fourth-order valence-electron chi connectivity index (χ4n) is 5.35. The highest BCUT2D eigenvalue weighted by Crippen LogP contribution is 2.44. The number of ether oxygens (including phenoxy) is 3. The number of hydrogen-bond donors (Lipinski definition) is 2. The second-order valence-corrected chi connectivity index (χ2v) is 10.9. The second-order valence-electron chi connectivity index (χ2n) is 10.9. The lowest BCUT2D eigenvalue weighted by atomic mass is 9.98. The Morgan fingerprint density at radius 2 is 1.16 bits per heavy atom. The Kier molecular flexibility index (Phi) is 12.1. The molecule has 0 aliphatic heterocycles. The average molecular weight is 671 g/mol. The summed E-state index contributed by atoms with van der Waals surface area (Å²) in [6.45, 7) is 0.116. The molecule has 0 unspecified atom stereocenters. The maximum Gasteiger partial charge on any atom is 0.407 e. The zero-order chi connectivity index (χ0) is 35.5. The van der Waals surface area contributed by atoms with Crippen molar-refractivity contribution < 1.29 is 38.4 Å². The van der Waals surface area contributed by atoms with Gasteiger partial charge in [-0.1, -0.05) is 72.8 Å². The first-order valence-corrected chi connectivity index (χ1v) is 15.0. The highest BCUT2D eigenvalue weighted by atomic mass is 16.6. The number of fused-ring (bicyclic) bond motifs is 3. The fraction of sp³-hybridized carbons (Fsp3) is 0.229. The number of non-ortho nitro benzene ring substituents is 2. The molecule has 0 spiro atoms. The number of nitrogens with zero attached hydrogens (tertiary/aromatic N) is 2. The van der Waals surface area contributed by atoms with Crippen LogP contribution in [0.5, 0.6) is 0 Å². The maximum absolute atomic E-state index is 12.6. The standard InChI is InChI=1S/C25H22N2O6.C10H12N2O4/c1-32-24(28)23(14-16-10-12-17(13-11-16)27(30)31)26-25(29)33-15-22-20-8-4-2-6-18(20)19-7-3-5-9-21(19)22;1-16-10(13)9(11)6-7-2-4-8(5-3-7)12(14)15/h2-13,22-23H,14-15H2,1H3,(H,26,29);2-5,9H,6,11H2,1H3/t23-;9-/m00/s1. The quantitative estimate of drug-likeness (QED) is 0.0955. The van der Waals surface area contributed by atoms with E-state index in [1.165, 1.54) is 50.6 Å². The first-order chi connectivity index (χ1) is 23.5. The van der Waals surface area contributed by atoms with Gasteiger partial charge < -0.3 is 25.3 Å². The predicted molar refractivity (Wildman–Crippen MR) is 178 cm³/mol. The van der Waals surface area contributed by atoms with Gasteiger partial charge in [0, 0.05) is 36.6 Å². The van der Waals surface area contributed by atoms with Crippen LogP contribution >= 0.6 is 0 Å². The van der Waals surface area contributed by atoms with Gasteiger partial charge >= 0.3 is 18.0 Å². The van der Waals surface area contributed by atoms with Crippen molar-refractivity contribution in [2.45, 2.75) is 30.8 Å². The fourth-order valence-corrected chi connectivity index (χ4v) is 5.35. The first kappa shape index (κ1) is 35.7. The van der Waals surface area contributed by atoms with E-state index in [-0.39, 0.29) is 30.3 Å². The van der Waals surface area contributed by atoms with Crippen LogP contribution in [-0.2, 0) is 36.6 Å². The first-order valence-electron chi connectivity index (χ1n) is 15.0. The third-order valence-electron chi connectivity index (χ3n) is 7.82. The number of nitrogens with one attached hydrogen (secondary N) is 1. The Hall–Kier alpha value is -6.15. The molecule has 1 aliphatic rings. The highest BCUT2D eigenvalue weighted by Gasteiger charge is 2.30. The van der Waals surface area contributed by atoms with Crippen molar-refractivity contribution in [1.29, 1.82) is 0 Å². The summed E-state index contributed by atoms with van der Waals surface area (Å²) < 4.78 is 14.8. The number of nitro groups is 2. The second kappa shape index (κ2) is 16.6. The van der Waals surface area contributed by atoms with Gasteiger partial charge in [-0.15, -0.1) is 0 Å². The molecular weight excluding hydrogens is 636 g/mol. The molecule has 0 aromatic heterocycles. The van der Waals surface area contributed by atoms with E-state index in [9.17, 15) is 34.6 Å². The number of amides is 1. The third kappa shape index (κ3) is 9.23. The molecule has 4 aromatic carbocycles. The van der Waals surface area contributed by atoms with Crippen LogP contribution in [0, 0.1) is 20.2 Å². The van der Waals surface area contributed by atoms with Crippen LogP contribution in [0.25, 0.3) is 11.1 Å². The Morgan fingerprint density at radius 3 is 1.61 bits per heavy atom. The summed E-state index contributed by atoms with van der Waals surface area (Å²) in [5, 5.41) is 23.8. The molecule has 14 nitrogen and oxygen atoms in total.